The van der Waals surface area contributed by atoms with Crippen LogP contribution in [0.1, 0.15) is 25.7 Å². The van der Waals surface area contributed by atoms with Gasteiger partial charge in [-0.05, 0) is 26.3 Å². The van der Waals surface area contributed by atoms with E-state index in [4.69, 9.17) is 5.11 Å². The molecule has 1 fully saturated rings. The number of hydrogen-bond donors (Lipinski definition) is 2. The minimum Gasteiger partial charge on any atom is -0.480 e. The number of nitrogens with zero attached hydrogens (tertiary/aromatic N) is 1. The lowest BCUT2D eigenvalue weighted by Gasteiger charge is -2.17. The highest BCUT2D eigenvalue weighted by molar-refractivity contribution is 5.78. The molecule has 0 bridgehead atoms. The van der Waals surface area contributed by atoms with Gasteiger partial charge >= 0.3 is 5.97 Å². The fraction of sp³-hybridized carbons (Fsp3) is 0.800. The first kappa shape index (κ1) is 12.0. The first-order valence-electron chi connectivity index (χ1n) is 5.33. The van der Waals surface area contributed by atoms with Crippen LogP contribution in [0.5, 0.6) is 0 Å². The van der Waals surface area contributed by atoms with Crippen LogP contribution in [0.25, 0.3) is 0 Å². The van der Waals surface area contributed by atoms with E-state index in [2.05, 4.69) is 5.32 Å². The Labute approximate surface area is 89.4 Å². The Morgan fingerprint density at radius 3 is 2.87 bits per heavy atom. The van der Waals surface area contributed by atoms with Crippen LogP contribution in [-0.4, -0.2) is 48.1 Å². The second-order valence-corrected chi connectivity index (χ2v) is 3.81. The number of carbonyl (C=O) groups excluding carboxylic acids is 1. The van der Waals surface area contributed by atoms with Gasteiger partial charge in [0.25, 0.3) is 0 Å². The number of aliphatic carboxylic acids is 1. The summed E-state index contributed by atoms with van der Waals surface area (Å²) in [5.74, 6) is -0.628. The maximum atomic E-state index is 11.2. The van der Waals surface area contributed by atoms with E-state index >= 15 is 0 Å². The lowest BCUT2D eigenvalue weighted by atomic mass is 10.1. The SMILES string of the molecule is CN[C@@H](CCCN1CCCC1=O)C(=O)O. The first-order chi connectivity index (χ1) is 7.15. The third kappa shape index (κ3) is 3.51. The Morgan fingerprint density at radius 2 is 2.40 bits per heavy atom. The van der Waals surface area contributed by atoms with Crippen molar-refractivity contribution in [1.29, 1.82) is 0 Å². The molecule has 0 aromatic heterocycles. The molecule has 1 saturated heterocycles. The van der Waals surface area contributed by atoms with Crippen LogP contribution >= 0.6 is 0 Å². The van der Waals surface area contributed by atoms with E-state index in [9.17, 15) is 9.59 Å². The topological polar surface area (TPSA) is 69.6 Å². The monoisotopic (exact) mass is 214 g/mol. The van der Waals surface area contributed by atoms with Crippen molar-refractivity contribution >= 4 is 11.9 Å². The van der Waals surface area contributed by atoms with Crippen molar-refractivity contribution in [1.82, 2.24) is 10.2 Å². The highest BCUT2D eigenvalue weighted by Crippen LogP contribution is 2.10. The molecular weight excluding hydrogens is 196 g/mol. The van der Waals surface area contributed by atoms with Gasteiger partial charge in [-0.2, -0.15) is 0 Å². The summed E-state index contributed by atoms with van der Waals surface area (Å²) in [6.07, 6.45) is 2.89. The predicted octanol–water partition coefficient (Wildman–Crippen LogP) is 0.0616. The molecule has 0 radical (unpaired) electrons. The summed E-state index contributed by atoms with van der Waals surface area (Å²) in [5.41, 5.74) is 0. The Balaban J connectivity index is 2.20. The standard InChI is InChI=1S/C10H18N2O3/c1-11-8(10(14)15)4-2-6-12-7-3-5-9(12)13/h8,11H,2-7H2,1H3,(H,14,15)/t8-/m0/s1. The van der Waals surface area contributed by atoms with Gasteiger partial charge in [-0.3, -0.25) is 9.59 Å². The van der Waals surface area contributed by atoms with Crippen LogP contribution in [0.2, 0.25) is 0 Å². The summed E-state index contributed by atoms with van der Waals surface area (Å²) in [5, 5.41) is 11.5. The van der Waals surface area contributed by atoms with Crippen molar-refractivity contribution in [3.05, 3.63) is 0 Å². The van der Waals surface area contributed by atoms with Crippen LogP contribution in [0, 0.1) is 0 Å². The number of likely N-dealkylation sites (N-methyl/N-ethyl adjacent to an activating group) is 1. The smallest absolute Gasteiger partial charge is 0.320 e. The maximum absolute atomic E-state index is 11.2. The third-order valence-corrected chi connectivity index (χ3v) is 2.74. The first-order valence-corrected chi connectivity index (χ1v) is 5.33. The van der Waals surface area contributed by atoms with E-state index in [1.807, 2.05) is 4.90 Å². The minimum atomic E-state index is -0.828. The summed E-state index contributed by atoms with van der Waals surface area (Å²) in [7, 11) is 1.64. The van der Waals surface area contributed by atoms with Gasteiger partial charge in [-0.1, -0.05) is 0 Å². The largest absolute Gasteiger partial charge is 0.480 e. The molecule has 0 saturated carbocycles. The summed E-state index contributed by atoms with van der Waals surface area (Å²) in [6.45, 7) is 1.51. The zero-order valence-corrected chi connectivity index (χ0v) is 9.03. The van der Waals surface area contributed by atoms with Crippen molar-refractivity contribution in [3.63, 3.8) is 0 Å². The molecule has 15 heavy (non-hydrogen) atoms. The molecule has 1 aliphatic rings. The van der Waals surface area contributed by atoms with E-state index in [0.29, 0.717) is 19.4 Å². The Morgan fingerprint density at radius 1 is 1.67 bits per heavy atom. The molecular formula is C10H18N2O3. The van der Waals surface area contributed by atoms with E-state index < -0.39 is 12.0 Å². The molecule has 0 aromatic carbocycles. The highest BCUT2D eigenvalue weighted by Gasteiger charge is 2.20. The van der Waals surface area contributed by atoms with Crippen molar-refractivity contribution in [2.75, 3.05) is 20.1 Å². The Bertz CT molecular complexity index is 241. The van der Waals surface area contributed by atoms with Crippen LogP contribution in [0.15, 0.2) is 0 Å². The number of rotatable bonds is 6. The molecule has 0 unspecified atom stereocenters. The lowest BCUT2D eigenvalue weighted by molar-refractivity contribution is -0.139. The molecule has 1 amide bonds. The summed E-state index contributed by atoms with van der Waals surface area (Å²) in [6, 6.07) is -0.497. The molecule has 86 valence electrons. The molecule has 1 rings (SSSR count). The molecule has 0 aliphatic carbocycles. The number of nitrogens with one attached hydrogen (secondary N) is 1. The molecule has 5 heteroatoms. The van der Waals surface area contributed by atoms with Crippen molar-refractivity contribution in [2.24, 2.45) is 0 Å². The molecule has 5 nitrogen and oxygen atoms in total. The fourth-order valence-corrected chi connectivity index (χ4v) is 1.82. The van der Waals surface area contributed by atoms with Crippen LogP contribution in [-0.2, 0) is 9.59 Å². The fourth-order valence-electron chi connectivity index (χ4n) is 1.82. The summed E-state index contributed by atoms with van der Waals surface area (Å²) >= 11 is 0. The number of hydrogen-bond acceptors (Lipinski definition) is 3. The van der Waals surface area contributed by atoms with Crippen LogP contribution in [0.4, 0.5) is 0 Å². The number of carbonyl (C=O) groups is 2. The predicted molar refractivity (Wildman–Crippen MR) is 55.5 cm³/mol. The van der Waals surface area contributed by atoms with E-state index in [-0.39, 0.29) is 5.91 Å². The lowest BCUT2D eigenvalue weighted by Crippen LogP contribution is -2.35. The normalized spacial score (nSPS) is 18.2. The van der Waals surface area contributed by atoms with E-state index in [1.54, 1.807) is 7.05 Å². The Kier molecular flexibility index (Phi) is 4.55. The Hall–Kier alpha value is -1.10. The maximum Gasteiger partial charge on any atom is 0.320 e. The average molecular weight is 214 g/mol. The van der Waals surface area contributed by atoms with Gasteiger partial charge in [0.05, 0.1) is 0 Å². The zero-order chi connectivity index (χ0) is 11.3. The average Bonchev–Trinajstić information content (AvgIpc) is 2.58. The molecule has 1 aliphatic heterocycles. The van der Waals surface area contributed by atoms with Crippen molar-refractivity contribution in [2.45, 2.75) is 31.7 Å². The van der Waals surface area contributed by atoms with Crippen molar-refractivity contribution in [3.8, 4) is 0 Å². The number of amides is 1. The minimum absolute atomic E-state index is 0.200. The van der Waals surface area contributed by atoms with Crippen LogP contribution < -0.4 is 5.32 Å². The van der Waals surface area contributed by atoms with Gasteiger partial charge in [0.2, 0.25) is 5.91 Å². The van der Waals surface area contributed by atoms with Gasteiger partial charge < -0.3 is 15.3 Å². The molecule has 2 N–H and O–H groups in total. The molecule has 0 aromatic rings. The van der Waals surface area contributed by atoms with E-state index in [1.165, 1.54) is 0 Å². The second-order valence-electron chi connectivity index (χ2n) is 3.81. The van der Waals surface area contributed by atoms with Gasteiger partial charge in [0.1, 0.15) is 6.04 Å². The number of likely N-dealkylation sites (tertiary alicyclic amines) is 1. The molecule has 0 spiro atoms. The number of carboxylic acid groups (broad SMARTS) is 1. The summed E-state index contributed by atoms with van der Waals surface area (Å²) < 4.78 is 0. The van der Waals surface area contributed by atoms with Gasteiger partial charge in [-0.15, -0.1) is 0 Å². The summed E-state index contributed by atoms with van der Waals surface area (Å²) in [4.78, 5) is 23.7. The van der Waals surface area contributed by atoms with Gasteiger partial charge in [0, 0.05) is 19.5 Å². The molecule has 1 heterocycles. The van der Waals surface area contributed by atoms with Crippen LogP contribution in [0.3, 0.4) is 0 Å². The van der Waals surface area contributed by atoms with E-state index in [0.717, 1.165) is 19.4 Å². The highest BCUT2D eigenvalue weighted by atomic mass is 16.4. The second kappa shape index (κ2) is 5.70. The van der Waals surface area contributed by atoms with Gasteiger partial charge in [-0.25, -0.2) is 0 Å². The van der Waals surface area contributed by atoms with Gasteiger partial charge in [0.15, 0.2) is 0 Å². The zero-order valence-electron chi connectivity index (χ0n) is 9.03. The molecule has 1 atom stereocenters. The van der Waals surface area contributed by atoms with Crippen molar-refractivity contribution < 1.29 is 14.7 Å². The number of carboxylic acids is 1. The quantitative estimate of drug-likeness (QED) is 0.656. The third-order valence-electron chi connectivity index (χ3n) is 2.74.